The average Bonchev–Trinajstić information content (AvgIpc) is 3.15. The van der Waals surface area contributed by atoms with Gasteiger partial charge in [0.25, 0.3) is 5.82 Å². The normalized spacial score (nSPS) is 10.5. The second-order valence-electron chi connectivity index (χ2n) is 5.72. The van der Waals surface area contributed by atoms with E-state index in [1.165, 1.54) is 16.6 Å². The van der Waals surface area contributed by atoms with Crippen molar-refractivity contribution in [1.29, 1.82) is 5.26 Å². The first-order chi connectivity index (χ1) is 12.0. The molecule has 2 heterocycles. The standard InChI is InChI=1S/C17H17N7O/c1-11-4-6-14(7-5-11)24-13(3)17(12(2)21-24)20-16(25)9-23-10-19-15(8-18)22-23/h4-7,10H,9H2,1-3H3,(H,20,25). The molecule has 3 aromatic rings. The molecule has 0 atom stereocenters. The summed E-state index contributed by atoms with van der Waals surface area (Å²) in [5.74, 6) is -0.226. The fraction of sp³-hybridized carbons (Fsp3) is 0.235. The molecule has 1 N–H and O–H groups in total. The van der Waals surface area contributed by atoms with E-state index in [-0.39, 0.29) is 18.3 Å². The van der Waals surface area contributed by atoms with Crippen LogP contribution in [0.15, 0.2) is 30.6 Å². The van der Waals surface area contributed by atoms with Gasteiger partial charge >= 0.3 is 0 Å². The molecule has 126 valence electrons. The number of hydrogen-bond donors (Lipinski definition) is 1. The van der Waals surface area contributed by atoms with Gasteiger partial charge in [-0.15, -0.1) is 5.10 Å². The molecule has 0 radical (unpaired) electrons. The lowest BCUT2D eigenvalue weighted by Gasteiger charge is -2.07. The van der Waals surface area contributed by atoms with Gasteiger partial charge in [-0.3, -0.25) is 4.79 Å². The molecule has 0 saturated carbocycles. The Bertz CT molecular complexity index is 960. The quantitative estimate of drug-likeness (QED) is 0.784. The molecule has 2 aromatic heterocycles. The van der Waals surface area contributed by atoms with Crippen LogP contribution in [0.25, 0.3) is 5.69 Å². The minimum Gasteiger partial charge on any atom is -0.321 e. The van der Waals surface area contributed by atoms with Crippen LogP contribution in [0.3, 0.4) is 0 Å². The van der Waals surface area contributed by atoms with E-state index in [1.807, 2.05) is 51.1 Å². The molecule has 25 heavy (non-hydrogen) atoms. The molecule has 3 rings (SSSR count). The van der Waals surface area contributed by atoms with Crippen molar-refractivity contribution in [2.24, 2.45) is 0 Å². The SMILES string of the molecule is Cc1ccc(-n2nc(C)c(NC(=O)Cn3cnc(C#N)n3)c2C)cc1. The second-order valence-corrected chi connectivity index (χ2v) is 5.72. The van der Waals surface area contributed by atoms with Gasteiger partial charge in [0.1, 0.15) is 18.9 Å². The lowest BCUT2D eigenvalue weighted by molar-refractivity contribution is -0.116. The first kappa shape index (κ1) is 16.4. The molecule has 0 fully saturated rings. The summed E-state index contributed by atoms with van der Waals surface area (Å²) in [5.41, 5.74) is 4.34. The summed E-state index contributed by atoms with van der Waals surface area (Å²) < 4.78 is 3.12. The van der Waals surface area contributed by atoms with Crippen molar-refractivity contribution in [3.8, 4) is 11.8 Å². The van der Waals surface area contributed by atoms with Crippen LogP contribution in [-0.4, -0.2) is 30.5 Å². The number of nitrogens with one attached hydrogen (secondary N) is 1. The molecule has 1 aromatic carbocycles. The number of amides is 1. The lowest BCUT2D eigenvalue weighted by atomic mass is 10.2. The molecule has 1 amide bonds. The van der Waals surface area contributed by atoms with Crippen LogP contribution in [-0.2, 0) is 11.3 Å². The molecule has 0 aliphatic carbocycles. The minimum absolute atomic E-state index is 0.0245. The number of rotatable bonds is 4. The van der Waals surface area contributed by atoms with Gasteiger partial charge in [0, 0.05) is 0 Å². The number of nitrogens with zero attached hydrogens (tertiary/aromatic N) is 6. The zero-order valence-corrected chi connectivity index (χ0v) is 14.2. The zero-order chi connectivity index (χ0) is 18.0. The highest BCUT2D eigenvalue weighted by atomic mass is 16.2. The van der Waals surface area contributed by atoms with Crippen molar-refractivity contribution in [2.75, 3.05) is 5.32 Å². The van der Waals surface area contributed by atoms with Gasteiger partial charge < -0.3 is 5.32 Å². The van der Waals surface area contributed by atoms with E-state index in [0.717, 1.165) is 17.1 Å². The number of hydrogen-bond acceptors (Lipinski definition) is 5. The fourth-order valence-corrected chi connectivity index (χ4v) is 2.51. The number of aromatic nitrogens is 5. The van der Waals surface area contributed by atoms with Gasteiger partial charge in [-0.25, -0.2) is 14.3 Å². The number of nitriles is 1. The van der Waals surface area contributed by atoms with E-state index in [1.54, 1.807) is 4.68 Å². The Hall–Kier alpha value is -3.47. The Balaban J connectivity index is 1.79. The zero-order valence-electron chi connectivity index (χ0n) is 14.2. The molecule has 8 heteroatoms. The Morgan fingerprint density at radius 2 is 1.92 bits per heavy atom. The Morgan fingerprint density at radius 1 is 1.20 bits per heavy atom. The third-order valence-corrected chi connectivity index (χ3v) is 3.78. The van der Waals surface area contributed by atoms with Gasteiger partial charge in [0.05, 0.1) is 22.8 Å². The van der Waals surface area contributed by atoms with Crippen molar-refractivity contribution in [3.05, 3.63) is 53.4 Å². The molecule has 0 bridgehead atoms. The molecule has 0 aliphatic heterocycles. The van der Waals surface area contributed by atoms with E-state index in [9.17, 15) is 4.79 Å². The fourth-order valence-electron chi connectivity index (χ4n) is 2.51. The lowest BCUT2D eigenvalue weighted by Crippen LogP contribution is -2.20. The molecule has 0 saturated heterocycles. The molecule has 0 unspecified atom stereocenters. The Morgan fingerprint density at radius 3 is 2.56 bits per heavy atom. The summed E-state index contributed by atoms with van der Waals surface area (Å²) >= 11 is 0. The number of carbonyl (C=O) groups excluding carboxylic acids is 1. The second kappa shape index (κ2) is 6.57. The van der Waals surface area contributed by atoms with E-state index in [0.29, 0.717) is 5.69 Å². The van der Waals surface area contributed by atoms with Gasteiger partial charge in [-0.1, -0.05) is 17.7 Å². The van der Waals surface area contributed by atoms with Crippen molar-refractivity contribution in [1.82, 2.24) is 24.5 Å². The molecular weight excluding hydrogens is 318 g/mol. The van der Waals surface area contributed by atoms with Crippen LogP contribution in [0.5, 0.6) is 0 Å². The summed E-state index contributed by atoms with van der Waals surface area (Å²) in [4.78, 5) is 16.0. The number of carbonyl (C=O) groups is 1. The van der Waals surface area contributed by atoms with Crippen molar-refractivity contribution >= 4 is 11.6 Å². The van der Waals surface area contributed by atoms with Gasteiger partial charge in [0.15, 0.2) is 0 Å². The monoisotopic (exact) mass is 335 g/mol. The van der Waals surface area contributed by atoms with Crippen molar-refractivity contribution in [3.63, 3.8) is 0 Å². The van der Waals surface area contributed by atoms with Crippen LogP contribution in [0.2, 0.25) is 0 Å². The third-order valence-electron chi connectivity index (χ3n) is 3.78. The highest BCUT2D eigenvalue weighted by Gasteiger charge is 2.16. The smallest absolute Gasteiger partial charge is 0.252 e. The van der Waals surface area contributed by atoms with Crippen LogP contribution >= 0.6 is 0 Å². The molecular formula is C17H17N7O. The van der Waals surface area contributed by atoms with Crippen molar-refractivity contribution < 1.29 is 4.79 Å². The Labute approximate surface area is 144 Å². The minimum atomic E-state index is -0.260. The number of anilines is 1. The summed E-state index contributed by atoms with van der Waals surface area (Å²) in [5, 5.41) is 20.0. The van der Waals surface area contributed by atoms with Gasteiger partial charge in [-0.05, 0) is 32.9 Å². The maximum Gasteiger partial charge on any atom is 0.252 e. The van der Waals surface area contributed by atoms with Crippen LogP contribution < -0.4 is 5.32 Å². The predicted octanol–water partition coefficient (Wildman–Crippen LogP) is 1.90. The summed E-state index contributed by atoms with van der Waals surface area (Å²) in [7, 11) is 0. The van der Waals surface area contributed by atoms with E-state index in [4.69, 9.17) is 5.26 Å². The largest absolute Gasteiger partial charge is 0.321 e. The summed E-state index contributed by atoms with van der Waals surface area (Å²) in [6.07, 6.45) is 1.35. The summed E-state index contributed by atoms with van der Waals surface area (Å²) in [6, 6.07) is 9.83. The maximum absolute atomic E-state index is 12.3. The van der Waals surface area contributed by atoms with Gasteiger partial charge in [0.2, 0.25) is 5.91 Å². The highest BCUT2D eigenvalue weighted by Crippen LogP contribution is 2.23. The molecule has 8 nitrogen and oxygen atoms in total. The first-order valence-electron chi connectivity index (χ1n) is 7.70. The highest BCUT2D eigenvalue weighted by molar-refractivity contribution is 5.91. The topological polar surface area (TPSA) is 101 Å². The predicted molar refractivity (Wildman–Crippen MR) is 91.1 cm³/mol. The van der Waals surface area contributed by atoms with Crippen molar-refractivity contribution in [2.45, 2.75) is 27.3 Å². The summed E-state index contributed by atoms with van der Waals surface area (Å²) in [6.45, 7) is 5.75. The average molecular weight is 335 g/mol. The maximum atomic E-state index is 12.3. The van der Waals surface area contributed by atoms with Crippen LogP contribution in [0, 0.1) is 32.1 Å². The van der Waals surface area contributed by atoms with Gasteiger partial charge in [-0.2, -0.15) is 10.4 Å². The first-order valence-corrected chi connectivity index (χ1v) is 7.70. The number of aryl methyl sites for hydroxylation is 2. The molecule has 0 spiro atoms. The molecule has 0 aliphatic rings. The van der Waals surface area contributed by atoms with E-state index < -0.39 is 0 Å². The van der Waals surface area contributed by atoms with Crippen LogP contribution in [0.4, 0.5) is 5.69 Å². The van der Waals surface area contributed by atoms with E-state index >= 15 is 0 Å². The third kappa shape index (κ3) is 3.40. The van der Waals surface area contributed by atoms with E-state index in [2.05, 4.69) is 20.5 Å². The number of benzene rings is 1. The Kier molecular flexibility index (Phi) is 4.31. The van der Waals surface area contributed by atoms with Crippen LogP contribution in [0.1, 0.15) is 22.8 Å².